The van der Waals surface area contributed by atoms with Crippen LogP contribution in [-0.4, -0.2) is 29.2 Å². The summed E-state index contributed by atoms with van der Waals surface area (Å²) in [7, 11) is 0. The minimum Gasteiger partial charge on any atom is -0.454 e. The van der Waals surface area contributed by atoms with Crippen molar-refractivity contribution in [3.05, 3.63) is 143 Å². The van der Waals surface area contributed by atoms with Gasteiger partial charge in [0.25, 0.3) is 5.91 Å². The number of ether oxygens (including phenoxy) is 1. The van der Waals surface area contributed by atoms with E-state index in [0.717, 1.165) is 11.1 Å². The van der Waals surface area contributed by atoms with Crippen LogP contribution < -0.4 is 0 Å². The SMILES string of the molecule is O=C(COC(=O)c1ccccc1C(=O)N(Cc1ccccc1)Cc1ccccc1)c1ccccc1. The van der Waals surface area contributed by atoms with Gasteiger partial charge in [0.1, 0.15) is 0 Å². The standard InChI is InChI=1S/C30H25NO4/c32-28(25-16-8-3-9-17-25)22-35-30(34)27-19-11-10-18-26(27)29(33)31(20-23-12-4-1-5-13-23)21-24-14-6-2-7-15-24/h1-19H,20-22H2. The third kappa shape index (κ3) is 6.30. The molecule has 35 heavy (non-hydrogen) atoms. The van der Waals surface area contributed by atoms with Crippen molar-refractivity contribution in [2.45, 2.75) is 13.1 Å². The van der Waals surface area contributed by atoms with Crippen LogP contribution in [0.15, 0.2) is 115 Å². The summed E-state index contributed by atoms with van der Waals surface area (Å²) in [4.78, 5) is 40.7. The van der Waals surface area contributed by atoms with E-state index in [1.807, 2.05) is 60.7 Å². The molecule has 4 aromatic rings. The number of esters is 1. The molecule has 0 atom stereocenters. The molecule has 0 bridgehead atoms. The molecule has 1 amide bonds. The second kappa shape index (κ2) is 11.6. The molecule has 0 aliphatic rings. The first-order valence-corrected chi connectivity index (χ1v) is 11.3. The highest BCUT2D eigenvalue weighted by atomic mass is 16.5. The lowest BCUT2D eigenvalue weighted by atomic mass is 10.0. The summed E-state index contributed by atoms with van der Waals surface area (Å²) in [5, 5.41) is 0. The number of hydrogen-bond acceptors (Lipinski definition) is 4. The summed E-state index contributed by atoms with van der Waals surface area (Å²) in [6.07, 6.45) is 0. The van der Waals surface area contributed by atoms with Crippen LogP contribution in [0.25, 0.3) is 0 Å². The number of ketones is 1. The summed E-state index contributed by atoms with van der Waals surface area (Å²) >= 11 is 0. The topological polar surface area (TPSA) is 63.7 Å². The monoisotopic (exact) mass is 463 g/mol. The van der Waals surface area contributed by atoms with Crippen LogP contribution in [0.4, 0.5) is 0 Å². The van der Waals surface area contributed by atoms with Crippen molar-refractivity contribution in [1.29, 1.82) is 0 Å². The molecule has 0 N–H and O–H groups in total. The first-order chi connectivity index (χ1) is 17.1. The molecule has 0 unspecified atom stereocenters. The highest BCUT2D eigenvalue weighted by Crippen LogP contribution is 2.18. The zero-order valence-corrected chi connectivity index (χ0v) is 19.2. The first-order valence-electron chi connectivity index (χ1n) is 11.3. The first kappa shape index (κ1) is 23.6. The minimum absolute atomic E-state index is 0.129. The van der Waals surface area contributed by atoms with Crippen LogP contribution in [0.3, 0.4) is 0 Å². The van der Waals surface area contributed by atoms with Gasteiger partial charge in [-0.2, -0.15) is 0 Å². The number of benzene rings is 4. The molecule has 0 aliphatic heterocycles. The largest absolute Gasteiger partial charge is 0.454 e. The molecular formula is C30H25NO4. The lowest BCUT2D eigenvalue weighted by molar-refractivity contribution is 0.0469. The molecule has 0 saturated carbocycles. The van der Waals surface area contributed by atoms with Crippen LogP contribution in [0.5, 0.6) is 0 Å². The second-order valence-electron chi connectivity index (χ2n) is 8.04. The molecule has 0 aliphatic carbocycles. The lowest BCUT2D eigenvalue weighted by Gasteiger charge is -2.24. The number of amides is 1. The van der Waals surface area contributed by atoms with Gasteiger partial charge >= 0.3 is 5.97 Å². The quantitative estimate of drug-likeness (QED) is 0.241. The van der Waals surface area contributed by atoms with E-state index in [2.05, 4.69) is 0 Å². The van der Waals surface area contributed by atoms with Gasteiger partial charge in [-0.25, -0.2) is 4.79 Å². The third-order valence-corrected chi connectivity index (χ3v) is 5.53. The number of carbonyl (C=O) groups excluding carboxylic acids is 3. The van der Waals surface area contributed by atoms with Crippen LogP contribution in [-0.2, 0) is 17.8 Å². The van der Waals surface area contributed by atoms with Crippen LogP contribution in [0.2, 0.25) is 0 Å². The molecule has 5 nitrogen and oxygen atoms in total. The Morgan fingerprint density at radius 1 is 0.571 bits per heavy atom. The van der Waals surface area contributed by atoms with Gasteiger partial charge in [0.2, 0.25) is 0 Å². The van der Waals surface area contributed by atoms with Gasteiger partial charge in [0, 0.05) is 18.7 Å². The van der Waals surface area contributed by atoms with Gasteiger partial charge < -0.3 is 9.64 Å². The molecule has 0 fully saturated rings. The van der Waals surface area contributed by atoms with Gasteiger partial charge in [-0.15, -0.1) is 0 Å². The molecule has 4 rings (SSSR count). The zero-order valence-electron chi connectivity index (χ0n) is 19.2. The van der Waals surface area contributed by atoms with E-state index in [-0.39, 0.29) is 22.8 Å². The maximum absolute atomic E-state index is 13.7. The van der Waals surface area contributed by atoms with Gasteiger partial charge in [-0.1, -0.05) is 103 Å². The Kier molecular flexibility index (Phi) is 7.81. The van der Waals surface area contributed by atoms with E-state index in [1.54, 1.807) is 59.5 Å². The third-order valence-electron chi connectivity index (χ3n) is 5.53. The zero-order chi connectivity index (χ0) is 24.5. The summed E-state index contributed by atoms with van der Waals surface area (Å²) < 4.78 is 5.29. The fourth-order valence-electron chi connectivity index (χ4n) is 3.74. The number of hydrogen-bond donors (Lipinski definition) is 0. The fourth-order valence-corrected chi connectivity index (χ4v) is 3.74. The number of Topliss-reactive ketones (excluding diaryl/α,β-unsaturated/α-hetero) is 1. The Balaban J connectivity index is 1.55. The molecular weight excluding hydrogens is 438 g/mol. The molecule has 0 spiro atoms. The Hall–Kier alpha value is -4.51. The molecule has 0 radical (unpaired) electrons. The molecule has 4 aromatic carbocycles. The smallest absolute Gasteiger partial charge is 0.339 e. The maximum Gasteiger partial charge on any atom is 0.339 e. The number of nitrogens with zero attached hydrogens (tertiary/aromatic N) is 1. The van der Waals surface area contributed by atoms with Gasteiger partial charge in [-0.05, 0) is 23.3 Å². The lowest BCUT2D eigenvalue weighted by Crippen LogP contribution is -2.31. The van der Waals surface area contributed by atoms with E-state index in [4.69, 9.17) is 4.74 Å². The van der Waals surface area contributed by atoms with Crippen molar-refractivity contribution in [2.24, 2.45) is 0 Å². The van der Waals surface area contributed by atoms with Crippen molar-refractivity contribution in [3.8, 4) is 0 Å². The summed E-state index contributed by atoms with van der Waals surface area (Å²) in [6, 6.07) is 34.6. The molecule has 5 heteroatoms. The normalized spacial score (nSPS) is 10.4. The Morgan fingerprint density at radius 2 is 1.03 bits per heavy atom. The number of carbonyl (C=O) groups is 3. The number of rotatable bonds is 9. The van der Waals surface area contributed by atoms with E-state index < -0.39 is 12.6 Å². The average Bonchev–Trinajstić information content (AvgIpc) is 2.92. The van der Waals surface area contributed by atoms with E-state index in [9.17, 15) is 14.4 Å². The molecule has 0 saturated heterocycles. The van der Waals surface area contributed by atoms with Crippen molar-refractivity contribution in [2.75, 3.05) is 6.61 Å². The van der Waals surface area contributed by atoms with Crippen LogP contribution in [0.1, 0.15) is 42.2 Å². The van der Waals surface area contributed by atoms with Gasteiger partial charge in [0.05, 0.1) is 11.1 Å². The highest BCUT2D eigenvalue weighted by molar-refractivity contribution is 6.06. The summed E-state index contributed by atoms with van der Waals surface area (Å²) in [5.74, 6) is -1.31. The van der Waals surface area contributed by atoms with Crippen molar-refractivity contribution in [3.63, 3.8) is 0 Å². The highest BCUT2D eigenvalue weighted by Gasteiger charge is 2.23. The predicted octanol–water partition coefficient (Wildman–Crippen LogP) is 5.57. The average molecular weight is 464 g/mol. The predicted molar refractivity (Wildman–Crippen MR) is 134 cm³/mol. The molecule has 0 aromatic heterocycles. The Bertz CT molecular complexity index is 1250. The fraction of sp³-hybridized carbons (Fsp3) is 0.100. The molecule has 0 heterocycles. The van der Waals surface area contributed by atoms with E-state index in [1.165, 1.54) is 0 Å². The van der Waals surface area contributed by atoms with Crippen molar-refractivity contribution < 1.29 is 19.1 Å². The molecule has 174 valence electrons. The van der Waals surface area contributed by atoms with Gasteiger partial charge in [-0.3, -0.25) is 9.59 Å². The maximum atomic E-state index is 13.7. The summed E-state index contributed by atoms with van der Waals surface area (Å²) in [6.45, 7) is 0.359. The van der Waals surface area contributed by atoms with E-state index in [0.29, 0.717) is 18.7 Å². The van der Waals surface area contributed by atoms with E-state index >= 15 is 0 Å². The second-order valence-corrected chi connectivity index (χ2v) is 8.04. The van der Waals surface area contributed by atoms with Crippen molar-refractivity contribution in [1.82, 2.24) is 4.90 Å². The Labute approximate surface area is 204 Å². The summed E-state index contributed by atoms with van der Waals surface area (Å²) in [5.41, 5.74) is 2.78. The van der Waals surface area contributed by atoms with Crippen molar-refractivity contribution >= 4 is 17.7 Å². The Morgan fingerprint density at radius 3 is 1.57 bits per heavy atom. The minimum atomic E-state index is -0.711. The van der Waals surface area contributed by atoms with Crippen LogP contribution in [0, 0.1) is 0 Å². The van der Waals surface area contributed by atoms with Gasteiger partial charge in [0.15, 0.2) is 12.4 Å². The van der Waals surface area contributed by atoms with Crippen LogP contribution >= 0.6 is 0 Å².